The summed E-state index contributed by atoms with van der Waals surface area (Å²) in [4.78, 5) is -1.04. The van der Waals surface area contributed by atoms with Crippen molar-refractivity contribution in [2.45, 2.75) is 16.6 Å². The first-order chi connectivity index (χ1) is 8.27. The fourth-order valence-electron chi connectivity index (χ4n) is 1.80. The summed E-state index contributed by atoms with van der Waals surface area (Å²) in [6.45, 7) is 0. The Hall–Kier alpha value is -0.390. The number of benzene rings is 1. The molecule has 0 spiro atoms. The Bertz CT molecular complexity index is 483. The standard InChI is InChI=1S/C11H6BrCl2F3O/c12-9-1-2-18-10(9,11(15,16)17)6-3-7(13)5-8(14)4-6/h1-5,9H. The average molecular weight is 362 g/mol. The lowest BCUT2D eigenvalue weighted by Crippen LogP contribution is -2.47. The Morgan fingerprint density at radius 3 is 2.11 bits per heavy atom. The molecule has 1 aliphatic rings. The Morgan fingerprint density at radius 2 is 1.72 bits per heavy atom. The van der Waals surface area contributed by atoms with Crippen LogP contribution in [-0.2, 0) is 10.3 Å². The summed E-state index contributed by atoms with van der Waals surface area (Å²) < 4.78 is 44.8. The van der Waals surface area contributed by atoms with Crippen LogP contribution >= 0.6 is 39.1 Å². The summed E-state index contributed by atoms with van der Waals surface area (Å²) in [5.74, 6) is 0. The minimum atomic E-state index is -4.61. The van der Waals surface area contributed by atoms with Crippen LogP contribution in [0.5, 0.6) is 0 Å². The van der Waals surface area contributed by atoms with Crippen LogP contribution in [0.4, 0.5) is 13.2 Å². The predicted octanol–water partition coefficient (Wildman–Crippen LogP) is 5.06. The fraction of sp³-hybridized carbons (Fsp3) is 0.273. The monoisotopic (exact) mass is 360 g/mol. The molecule has 0 aliphatic carbocycles. The Morgan fingerprint density at radius 1 is 1.17 bits per heavy atom. The lowest BCUT2D eigenvalue weighted by Gasteiger charge is -2.34. The van der Waals surface area contributed by atoms with Gasteiger partial charge in [-0.15, -0.1) is 0 Å². The van der Waals surface area contributed by atoms with Gasteiger partial charge in [-0.3, -0.25) is 0 Å². The van der Waals surface area contributed by atoms with E-state index in [2.05, 4.69) is 15.9 Å². The summed E-state index contributed by atoms with van der Waals surface area (Å²) in [7, 11) is 0. The zero-order chi connectivity index (χ0) is 13.6. The number of hydrogen-bond donors (Lipinski definition) is 0. The number of rotatable bonds is 1. The fourth-order valence-corrected chi connectivity index (χ4v) is 3.08. The molecule has 98 valence electrons. The summed E-state index contributed by atoms with van der Waals surface area (Å²) in [5.41, 5.74) is -2.64. The summed E-state index contributed by atoms with van der Waals surface area (Å²) >= 11 is 14.5. The largest absolute Gasteiger partial charge is 0.479 e. The smallest absolute Gasteiger partial charge is 0.434 e. The van der Waals surface area contributed by atoms with Crippen LogP contribution in [0.25, 0.3) is 0 Å². The highest BCUT2D eigenvalue weighted by atomic mass is 79.9. The Balaban J connectivity index is 2.62. The first-order valence-electron chi connectivity index (χ1n) is 4.79. The number of halogens is 6. The topological polar surface area (TPSA) is 9.23 Å². The van der Waals surface area contributed by atoms with Crippen molar-refractivity contribution in [2.24, 2.45) is 0 Å². The molecule has 1 nitrogen and oxygen atoms in total. The SMILES string of the molecule is FC(F)(F)C1(c2cc(Cl)cc(Cl)c2)OC=CC1Br. The van der Waals surface area contributed by atoms with Crippen LogP contribution in [0.3, 0.4) is 0 Å². The third-order valence-corrected chi connectivity index (χ3v) is 3.99. The van der Waals surface area contributed by atoms with E-state index < -0.39 is 16.6 Å². The van der Waals surface area contributed by atoms with E-state index in [0.29, 0.717) is 0 Å². The number of hydrogen-bond acceptors (Lipinski definition) is 1. The Labute approximate surface area is 120 Å². The third-order valence-electron chi connectivity index (χ3n) is 2.60. The molecule has 2 atom stereocenters. The highest BCUT2D eigenvalue weighted by Gasteiger charge is 2.63. The molecule has 0 N–H and O–H groups in total. The van der Waals surface area contributed by atoms with Crippen molar-refractivity contribution < 1.29 is 17.9 Å². The van der Waals surface area contributed by atoms with Crippen molar-refractivity contribution in [2.75, 3.05) is 0 Å². The average Bonchev–Trinajstić information content (AvgIpc) is 2.58. The van der Waals surface area contributed by atoms with Crippen LogP contribution in [-0.4, -0.2) is 11.0 Å². The van der Waals surface area contributed by atoms with Gasteiger partial charge in [-0.1, -0.05) is 39.1 Å². The number of alkyl halides is 4. The zero-order valence-corrected chi connectivity index (χ0v) is 11.7. The zero-order valence-electron chi connectivity index (χ0n) is 8.64. The molecule has 0 fully saturated rings. The highest BCUT2D eigenvalue weighted by molar-refractivity contribution is 9.09. The van der Waals surface area contributed by atoms with Gasteiger partial charge in [0.25, 0.3) is 0 Å². The van der Waals surface area contributed by atoms with E-state index in [1.165, 1.54) is 24.3 Å². The Kier molecular flexibility index (Phi) is 3.60. The second-order valence-corrected chi connectivity index (χ2v) is 5.60. The van der Waals surface area contributed by atoms with E-state index >= 15 is 0 Å². The molecule has 0 bridgehead atoms. The van der Waals surface area contributed by atoms with Gasteiger partial charge in [0.15, 0.2) is 0 Å². The van der Waals surface area contributed by atoms with E-state index in [9.17, 15) is 13.2 Å². The molecule has 0 radical (unpaired) electrons. The molecule has 18 heavy (non-hydrogen) atoms. The minimum absolute atomic E-state index is 0.122. The van der Waals surface area contributed by atoms with Crippen molar-refractivity contribution in [3.8, 4) is 0 Å². The first kappa shape index (κ1) is 14.0. The third kappa shape index (κ3) is 2.12. The molecule has 2 rings (SSSR count). The normalized spacial score (nSPS) is 27.3. The van der Waals surface area contributed by atoms with Gasteiger partial charge in [0.2, 0.25) is 5.60 Å². The van der Waals surface area contributed by atoms with Crippen LogP contribution in [0.15, 0.2) is 30.5 Å². The lowest BCUT2D eigenvalue weighted by atomic mass is 9.90. The predicted molar refractivity (Wildman–Crippen MR) is 67.1 cm³/mol. The first-order valence-corrected chi connectivity index (χ1v) is 6.46. The van der Waals surface area contributed by atoms with E-state index in [1.54, 1.807) is 0 Å². The maximum Gasteiger partial charge on any atom is 0.434 e. The second-order valence-electron chi connectivity index (χ2n) is 3.74. The minimum Gasteiger partial charge on any atom is -0.479 e. The summed E-state index contributed by atoms with van der Waals surface area (Å²) in [5, 5.41) is 0.243. The van der Waals surface area contributed by atoms with Crippen molar-refractivity contribution in [3.05, 3.63) is 46.1 Å². The van der Waals surface area contributed by atoms with E-state index in [0.717, 1.165) is 6.26 Å². The molecular formula is C11H6BrCl2F3O. The van der Waals surface area contributed by atoms with Crippen molar-refractivity contribution in [3.63, 3.8) is 0 Å². The quantitative estimate of drug-likeness (QED) is 0.635. The van der Waals surface area contributed by atoms with Gasteiger partial charge in [-0.2, -0.15) is 13.2 Å². The van der Waals surface area contributed by atoms with Crippen LogP contribution in [0.1, 0.15) is 5.56 Å². The van der Waals surface area contributed by atoms with Crippen molar-refractivity contribution >= 4 is 39.1 Å². The van der Waals surface area contributed by atoms with Gasteiger partial charge in [0, 0.05) is 15.6 Å². The van der Waals surface area contributed by atoms with Gasteiger partial charge in [-0.05, 0) is 24.3 Å². The molecule has 0 saturated heterocycles. The van der Waals surface area contributed by atoms with Crippen LogP contribution in [0, 0.1) is 0 Å². The van der Waals surface area contributed by atoms with Crippen LogP contribution < -0.4 is 0 Å². The second kappa shape index (κ2) is 4.62. The van der Waals surface area contributed by atoms with Gasteiger partial charge < -0.3 is 4.74 Å². The number of ether oxygens (including phenoxy) is 1. The molecule has 2 unspecified atom stereocenters. The summed E-state index contributed by atoms with van der Waals surface area (Å²) in [6.07, 6.45) is -2.32. The molecule has 1 aromatic rings. The maximum atomic E-state index is 13.3. The van der Waals surface area contributed by atoms with Crippen molar-refractivity contribution in [1.29, 1.82) is 0 Å². The molecule has 0 saturated carbocycles. The van der Waals surface area contributed by atoms with E-state index in [-0.39, 0.29) is 15.6 Å². The molecule has 1 aliphatic heterocycles. The highest BCUT2D eigenvalue weighted by Crippen LogP contribution is 2.51. The lowest BCUT2D eigenvalue weighted by molar-refractivity contribution is -0.258. The molecule has 0 aromatic heterocycles. The molecule has 0 amide bonds. The molecule has 1 heterocycles. The molecular weight excluding hydrogens is 356 g/mol. The van der Waals surface area contributed by atoms with Gasteiger partial charge in [0.05, 0.1) is 11.1 Å². The summed E-state index contributed by atoms with van der Waals surface area (Å²) in [6, 6.07) is 3.76. The van der Waals surface area contributed by atoms with Gasteiger partial charge in [-0.25, -0.2) is 0 Å². The molecule has 1 aromatic carbocycles. The maximum absolute atomic E-state index is 13.3. The van der Waals surface area contributed by atoms with Gasteiger partial charge >= 0.3 is 6.18 Å². The molecule has 7 heteroatoms. The van der Waals surface area contributed by atoms with Gasteiger partial charge in [0.1, 0.15) is 0 Å². The van der Waals surface area contributed by atoms with Crippen LogP contribution in [0.2, 0.25) is 10.0 Å². The van der Waals surface area contributed by atoms with E-state index in [4.69, 9.17) is 27.9 Å². The van der Waals surface area contributed by atoms with E-state index in [1.807, 2.05) is 0 Å². The van der Waals surface area contributed by atoms with Crippen molar-refractivity contribution in [1.82, 2.24) is 0 Å².